The molecule has 0 amide bonds. The molecular formula is C31H27ClFN3O2S2. The average molecular weight is 592 g/mol. The number of hydrogen-bond acceptors (Lipinski definition) is 6. The molecule has 0 aliphatic carbocycles. The molecule has 3 aromatic carbocycles. The molecule has 1 heterocycles. The lowest BCUT2D eigenvalue weighted by atomic mass is 10.2. The Kier molecular flexibility index (Phi) is 9.37. The van der Waals surface area contributed by atoms with Gasteiger partial charge in [0.2, 0.25) is 0 Å². The second-order valence-corrected chi connectivity index (χ2v) is 12.2. The van der Waals surface area contributed by atoms with Crippen molar-refractivity contribution < 1.29 is 12.8 Å². The van der Waals surface area contributed by atoms with E-state index in [4.69, 9.17) is 22.3 Å². The van der Waals surface area contributed by atoms with Crippen molar-refractivity contribution in [2.24, 2.45) is 10.7 Å². The number of rotatable bonds is 11. The van der Waals surface area contributed by atoms with E-state index in [0.29, 0.717) is 35.2 Å². The highest BCUT2D eigenvalue weighted by atomic mass is 35.5. The van der Waals surface area contributed by atoms with Crippen molar-refractivity contribution in [3.63, 3.8) is 0 Å². The Balaban J connectivity index is 1.67. The summed E-state index contributed by atoms with van der Waals surface area (Å²) in [6.07, 6.45) is 3.47. The molecule has 1 aromatic heterocycles. The number of nitrogens with two attached hydrogens (primary N) is 1. The first-order chi connectivity index (χ1) is 19.2. The minimum atomic E-state index is -3.57. The number of thiophene rings is 1. The monoisotopic (exact) mass is 591 g/mol. The number of para-hydroxylation sites is 1. The Hall–Kier alpha value is -3.98. The highest BCUT2D eigenvalue weighted by molar-refractivity contribution is 7.94. The van der Waals surface area contributed by atoms with Crippen molar-refractivity contribution >= 4 is 44.2 Å². The predicted octanol–water partition coefficient (Wildman–Crippen LogP) is 7.73. The molecule has 4 rings (SSSR count). The maximum atomic E-state index is 13.3. The Morgan fingerprint density at radius 2 is 1.77 bits per heavy atom. The van der Waals surface area contributed by atoms with Gasteiger partial charge in [-0.2, -0.15) is 0 Å². The number of halogens is 2. The summed E-state index contributed by atoms with van der Waals surface area (Å²) in [5, 5.41) is 1.44. The molecule has 0 radical (unpaired) electrons. The molecule has 0 saturated heterocycles. The summed E-state index contributed by atoms with van der Waals surface area (Å²) in [6.45, 7) is 8.16. The number of allylic oxidation sites excluding steroid dienone is 1. The Morgan fingerprint density at radius 3 is 2.48 bits per heavy atom. The highest BCUT2D eigenvalue weighted by Crippen LogP contribution is 2.32. The second kappa shape index (κ2) is 12.9. The molecule has 0 atom stereocenters. The molecule has 9 heteroatoms. The first-order valence-corrected chi connectivity index (χ1v) is 14.9. The summed E-state index contributed by atoms with van der Waals surface area (Å²) >= 11 is 7.86. The molecule has 0 spiro atoms. The fourth-order valence-corrected chi connectivity index (χ4v) is 5.74. The van der Waals surface area contributed by atoms with Crippen LogP contribution in [-0.4, -0.2) is 25.6 Å². The van der Waals surface area contributed by atoms with Gasteiger partial charge in [-0.1, -0.05) is 61.2 Å². The maximum Gasteiger partial charge on any atom is 0.199 e. The zero-order valence-electron chi connectivity index (χ0n) is 21.5. The van der Waals surface area contributed by atoms with Gasteiger partial charge in [-0.3, -0.25) is 0 Å². The van der Waals surface area contributed by atoms with E-state index in [1.807, 2.05) is 41.3 Å². The molecule has 5 nitrogen and oxygen atoms in total. The lowest BCUT2D eigenvalue weighted by molar-refractivity contribution is 0.399. The predicted molar refractivity (Wildman–Crippen MR) is 164 cm³/mol. The molecule has 0 fully saturated rings. The Bertz CT molecular complexity index is 1690. The van der Waals surface area contributed by atoms with Gasteiger partial charge in [-0.25, -0.2) is 17.8 Å². The van der Waals surface area contributed by atoms with E-state index in [1.54, 1.807) is 48.7 Å². The van der Waals surface area contributed by atoms with Crippen LogP contribution in [0.15, 0.2) is 131 Å². The fourth-order valence-electron chi connectivity index (χ4n) is 3.85. The molecule has 204 valence electrons. The molecule has 2 N–H and O–H groups in total. The van der Waals surface area contributed by atoms with Crippen LogP contribution < -0.4 is 5.73 Å². The minimum Gasteiger partial charge on any atom is -0.401 e. The first-order valence-electron chi connectivity index (χ1n) is 12.2. The van der Waals surface area contributed by atoms with Gasteiger partial charge in [0.15, 0.2) is 9.84 Å². The van der Waals surface area contributed by atoms with Crippen molar-refractivity contribution in [3.05, 3.63) is 143 Å². The van der Waals surface area contributed by atoms with Crippen LogP contribution in [0.25, 0.3) is 10.4 Å². The zero-order valence-corrected chi connectivity index (χ0v) is 23.9. The number of aliphatic imine (C=N–C) groups is 1. The molecule has 0 saturated carbocycles. The molecule has 0 unspecified atom stereocenters. The zero-order chi connectivity index (χ0) is 28.7. The Morgan fingerprint density at radius 1 is 1.02 bits per heavy atom. The number of sulfone groups is 1. The third-order valence-corrected chi connectivity index (χ3v) is 8.71. The third-order valence-electron chi connectivity index (χ3n) is 5.88. The van der Waals surface area contributed by atoms with Gasteiger partial charge >= 0.3 is 0 Å². The van der Waals surface area contributed by atoms with Crippen molar-refractivity contribution in [3.8, 4) is 10.4 Å². The Labute approximate surface area is 243 Å². The van der Waals surface area contributed by atoms with Crippen LogP contribution in [0.5, 0.6) is 0 Å². The molecule has 40 heavy (non-hydrogen) atoms. The van der Waals surface area contributed by atoms with Gasteiger partial charge in [0.05, 0.1) is 32.7 Å². The summed E-state index contributed by atoms with van der Waals surface area (Å²) in [4.78, 5) is 8.58. The van der Waals surface area contributed by atoms with Gasteiger partial charge < -0.3 is 10.6 Å². The maximum absolute atomic E-state index is 13.3. The van der Waals surface area contributed by atoms with Crippen molar-refractivity contribution in [2.75, 3.05) is 6.54 Å². The van der Waals surface area contributed by atoms with E-state index in [0.717, 1.165) is 26.3 Å². The SMILES string of the molecule is C=CN(CC(N)=CC(=Nc1ccccc1Cl)c1ccc(-c2cccc(S(=O)(=O)C=C)c2)s1)Cc1ccc(F)cc1. The molecule has 0 aliphatic rings. The minimum absolute atomic E-state index is 0.176. The summed E-state index contributed by atoms with van der Waals surface area (Å²) in [5.74, 6) is -0.293. The smallest absolute Gasteiger partial charge is 0.199 e. The topological polar surface area (TPSA) is 75.8 Å². The van der Waals surface area contributed by atoms with E-state index in [2.05, 4.69) is 13.2 Å². The van der Waals surface area contributed by atoms with Crippen LogP contribution in [0.1, 0.15) is 10.4 Å². The molecule has 0 aliphatic heterocycles. The second-order valence-electron chi connectivity index (χ2n) is 8.79. The third kappa shape index (κ3) is 7.35. The van der Waals surface area contributed by atoms with E-state index < -0.39 is 9.84 Å². The lowest BCUT2D eigenvalue weighted by Crippen LogP contribution is -2.23. The molecular weight excluding hydrogens is 565 g/mol. The van der Waals surface area contributed by atoms with E-state index in [1.165, 1.54) is 23.5 Å². The number of nitrogens with zero attached hydrogens (tertiary/aromatic N) is 2. The van der Waals surface area contributed by atoms with Gasteiger partial charge in [-0.05, 0) is 71.9 Å². The van der Waals surface area contributed by atoms with Crippen LogP contribution in [0.4, 0.5) is 10.1 Å². The van der Waals surface area contributed by atoms with E-state index in [-0.39, 0.29) is 10.7 Å². The highest BCUT2D eigenvalue weighted by Gasteiger charge is 2.14. The quantitative estimate of drug-likeness (QED) is 0.181. The summed E-state index contributed by atoms with van der Waals surface area (Å²) in [6, 6.07) is 24.1. The largest absolute Gasteiger partial charge is 0.401 e. The lowest BCUT2D eigenvalue weighted by Gasteiger charge is -2.20. The van der Waals surface area contributed by atoms with E-state index in [9.17, 15) is 12.8 Å². The first kappa shape index (κ1) is 29.0. The summed E-state index contributed by atoms with van der Waals surface area (Å²) < 4.78 is 37.9. The van der Waals surface area contributed by atoms with Crippen LogP contribution in [0.2, 0.25) is 5.02 Å². The van der Waals surface area contributed by atoms with E-state index >= 15 is 0 Å². The molecule has 0 bridgehead atoms. The van der Waals surface area contributed by atoms with Gasteiger partial charge in [0.25, 0.3) is 0 Å². The normalized spacial score (nSPS) is 12.2. The van der Waals surface area contributed by atoms with Crippen molar-refractivity contribution in [2.45, 2.75) is 11.4 Å². The average Bonchev–Trinajstić information content (AvgIpc) is 3.45. The van der Waals surface area contributed by atoms with Gasteiger partial charge in [0.1, 0.15) is 5.82 Å². The number of benzene rings is 3. The molecule has 4 aromatic rings. The summed E-state index contributed by atoms with van der Waals surface area (Å²) in [5.41, 5.74) is 9.88. The van der Waals surface area contributed by atoms with Crippen LogP contribution in [0, 0.1) is 5.82 Å². The van der Waals surface area contributed by atoms with Crippen LogP contribution in [-0.2, 0) is 16.4 Å². The standard InChI is InChI=1S/C31H27ClFN3O2S2/c1-3-36(20-22-12-14-24(33)15-13-22)21-25(34)19-29(35-28-11-6-5-10-27(28)32)31-17-16-30(39-31)23-8-7-9-26(18-23)40(37,38)4-2/h3-19H,1-2,20-21,34H2. The van der Waals surface area contributed by atoms with Gasteiger partial charge in [0, 0.05) is 22.5 Å². The van der Waals surface area contributed by atoms with Gasteiger partial charge in [-0.15, -0.1) is 11.3 Å². The summed E-state index contributed by atoms with van der Waals surface area (Å²) in [7, 11) is -3.57. The van der Waals surface area contributed by atoms with Crippen molar-refractivity contribution in [1.82, 2.24) is 4.90 Å². The van der Waals surface area contributed by atoms with Crippen LogP contribution >= 0.6 is 22.9 Å². The number of hydrogen-bond donors (Lipinski definition) is 1. The van der Waals surface area contributed by atoms with Crippen molar-refractivity contribution in [1.29, 1.82) is 0 Å². The fraction of sp³-hybridized carbons (Fsp3) is 0.0645. The van der Waals surface area contributed by atoms with Crippen LogP contribution in [0.3, 0.4) is 0 Å².